The Balaban J connectivity index is 0.000000501. The summed E-state index contributed by atoms with van der Waals surface area (Å²) in [6.07, 6.45) is 3.30. The molecule has 2 aromatic rings. The van der Waals surface area contributed by atoms with Crippen molar-refractivity contribution in [3.63, 3.8) is 0 Å². The molecule has 0 saturated carbocycles. The maximum atomic E-state index is 12.5. The Morgan fingerprint density at radius 3 is 2.13 bits per heavy atom. The second kappa shape index (κ2) is 11.5. The lowest BCUT2D eigenvalue weighted by atomic mass is 10.1. The number of methoxy groups -OCH3 is 2. The van der Waals surface area contributed by atoms with Gasteiger partial charge in [-0.25, -0.2) is 9.59 Å². The minimum atomic E-state index is -1.82. The normalized spacial score (nSPS) is 13.5. The van der Waals surface area contributed by atoms with Crippen molar-refractivity contribution < 1.29 is 34.1 Å². The molecule has 0 spiro atoms. The van der Waals surface area contributed by atoms with Gasteiger partial charge in [-0.2, -0.15) is 0 Å². The third-order valence-electron chi connectivity index (χ3n) is 4.61. The number of nitrogens with zero attached hydrogens (tertiary/aromatic N) is 3. The van der Waals surface area contributed by atoms with Crippen molar-refractivity contribution in [2.24, 2.45) is 0 Å². The van der Waals surface area contributed by atoms with Gasteiger partial charge in [0.2, 0.25) is 0 Å². The van der Waals surface area contributed by atoms with Crippen LogP contribution in [-0.2, 0) is 16.1 Å². The first-order chi connectivity index (χ1) is 14.8. The first-order valence-corrected chi connectivity index (χ1v) is 9.44. The molecule has 1 aliphatic rings. The number of carboxylic acids is 2. The predicted molar refractivity (Wildman–Crippen MR) is 110 cm³/mol. The molecule has 1 aliphatic heterocycles. The number of benzene rings is 1. The van der Waals surface area contributed by atoms with Gasteiger partial charge in [0.05, 0.1) is 19.8 Å². The van der Waals surface area contributed by atoms with E-state index in [2.05, 4.69) is 16.0 Å². The summed E-state index contributed by atoms with van der Waals surface area (Å²) < 4.78 is 10.6. The molecule has 0 bridgehead atoms. The number of hydrogen-bond donors (Lipinski definition) is 2. The molecule has 0 radical (unpaired) electrons. The predicted octanol–water partition coefficient (Wildman–Crippen LogP) is 1.21. The van der Waals surface area contributed by atoms with Crippen molar-refractivity contribution in [2.75, 3.05) is 40.4 Å². The zero-order valence-electron chi connectivity index (χ0n) is 17.4. The molecule has 31 heavy (non-hydrogen) atoms. The highest BCUT2D eigenvalue weighted by Gasteiger charge is 2.22. The van der Waals surface area contributed by atoms with E-state index in [9.17, 15) is 4.79 Å². The van der Waals surface area contributed by atoms with Crippen molar-refractivity contribution in [1.82, 2.24) is 14.8 Å². The van der Waals surface area contributed by atoms with E-state index in [1.807, 2.05) is 23.1 Å². The molecule has 1 aromatic heterocycles. The Labute approximate surface area is 179 Å². The lowest BCUT2D eigenvalue weighted by molar-refractivity contribution is -0.159. The molecule has 1 amide bonds. The molecular formula is C21H25N3O7. The largest absolute Gasteiger partial charge is 0.493 e. The number of carboxylic acid groups (broad SMARTS) is 2. The van der Waals surface area contributed by atoms with E-state index in [0.717, 1.165) is 44.2 Å². The average Bonchev–Trinajstić information content (AvgIpc) is 2.80. The number of carbonyl (C=O) groups excluding carboxylic acids is 1. The number of aromatic nitrogens is 1. The standard InChI is InChI=1S/C19H23N3O3.C2H2O4/c1-24-17-6-5-15(12-18(17)25-2)14-21-8-10-22(11-9-21)19(23)16-4-3-7-20-13-16;3-1(4)2(5)6/h3-7,12-13H,8-11,14H2,1-2H3;(H,3,4)(H,5,6). The summed E-state index contributed by atoms with van der Waals surface area (Å²) in [4.78, 5) is 38.9. The van der Waals surface area contributed by atoms with Gasteiger partial charge in [-0.3, -0.25) is 14.7 Å². The van der Waals surface area contributed by atoms with Crippen LogP contribution >= 0.6 is 0 Å². The van der Waals surface area contributed by atoms with Crippen molar-refractivity contribution >= 4 is 17.8 Å². The van der Waals surface area contributed by atoms with E-state index >= 15 is 0 Å². The molecule has 10 nitrogen and oxygen atoms in total. The van der Waals surface area contributed by atoms with E-state index in [0.29, 0.717) is 5.56 Å². The molecule has 1 saturated heterocycles. The number of piperazine rings is 1. The lowest BCUT2D eigenvalue weighted by Gasteiger charge is -2.34. The van der Waals surface area contributed by atoms with Crippen LogP contribution in [-0.4, -0.2) is 83.2 Å². The summed E-state index contributed by atoms with van der Waals surface area (Å²) in [5, 5.41) is 14.8. The number of ether oxygens (including phenoxy) is 2. The first-order valence-electron chi connectivity index (χ1n) is 9.44. The van der Waals surface area contributed by atoms with Crippen LogP contribution in [0.4, 0.5) is 0 Å². The van der Waals surface area contributed by atoms with E-state index < -0.39 is 11.9 Å². The van der Waals surface area contributed by atoms with Crippen molar-refractivity contribution in [3.8, 4) is 11.5 Å². The van der Waals surface area contributed by atoms with Gasteiger partial charge in [-0.1, -0.05) is 6.07 Å². The number of hydrogen-bond acceptors (Lipinski definition) is 7. The number of aliphatic carboxylic acids is 2. The molecule has 1 aromatic carbocycles. The van der Waals surface area contributed by atoms with Crippen LogP contribution in [0.3, 0.4) is 0 Å². The zero-order valence-corrected chi connectivity index (χ0v) is 17.4. The quantitative estimate of drug-likeness (QED) is 0.671. The molecule has 1 fully saturated rings. The monoisotopic (exact) mass is 431 g/mol. The van der Waals surface area contributed by atoms with Crippen LogP contribution in [0.5, 0.6) is 11.5 Å². The van der Waals surface area contributed by atoms with E-state index in [4.69, 9.17) is 29.3 Å². The molecule has 3 rings (SSSR count). The summed E-state index contributed by atoms with van der Waals surface area (Å²) in [5.41, 5.74) is 1.82. The number of carbonyl (C=O) groups is 3. The van der Waals surface area contributed by atoms with Crippen LogP contribution in [0.25, 0.3) is 0 Å². The van der Waals surface area contributed by atoms with Gasteiger partial charge in [0.15, 0.2) is 11.5 Å². The van der Waals surface area contributed by atoms with Gasteiger partial charge in [0, 0.05) is 45.1 Å². The molecule has 0 aliphatic carbocycles. The molecule has 2 N–H and O–H groups in total. The highest BCUT2D eigenvalue weighted by molar-refractivity contribution is 6.27. The Kier molecular flexibility index (Phi) is 8.77. The fraction of sp³-hybridized carbons (Fsp3) is 0.333. The second-order valence-corrected chi connectivity index (χ2v) is 6.61. The maximum absolute atomic E-state index is 12.5. The highest BCUT2D eigenvalue weighted by atomic mass is 16.5. The Morgan fingerprint density at radius 2 is 1.61 bits per heavy atom. The van der Waals surface area contributed by atoms with E-state index in [1.165, 1.54) is 5.56 Å². The summed E-state index contributed by atoms with van der Waals surface area (Å²) in [7, 11) is 3.28. The SMILES string of the molecule is COc1ccc(CN2CCN(C(=O)c3cccnc3)CC2)cc1OC.O=C(O)C(=O)O. The zero-order chi connectivity index (χ0) is 22.8. The van der Waals surface area contributed by atoms with E-state index in [-0.39, 0.29) is 5.91 Å². The molecule has 0 unspecified atom stereocenters. The summed E-state index contributed by atoms with van der Waals surface area (Å²) in [6, 6.07) is 9.59. The van der Waals surface area contributed by atoms with Crippen LogP contribution in [0.1, 0.15) is 15.9 Å². The van der Waals surface area contributed by atoms with Gasteiger partial charge < -0.3 is 24.6 Å². The topological polar surface area (TPSA) is 130 Å². The minimum Gasteiger partial charge on any atom is -0.493 e. The summed E-state index contributed by atoms with van der Waals surface area (Å²) in [5.74, 6) is -2.12. The summed E-state index contributed by atoms with van der Waals surface area (Å²) >= 11 is 0. The van der Waals surface area contributed by atoms with Crippen molar-refractivity contribution in [1.29, 1.82) is 0 Å². The van der Waals surface area contributed by atoms with Gasteiger partial charge in [0.1, 0.15) is 0 Å². The lowest BCUT2D eigenvalue weighted by Crippen LogP contribution is -2.48. The Morgan fingerprint density at radius 1 is 0.968 bits per heavy atom. The fourth-order valence-corrected chi connectivity index (χ4v) is 3.02. The molecule has 10 heteroatoms. The second-order valence-electron chi connectivity index (χ2n) is 6.61. The van der Waals surface area contributed by atoms with Gasteiger partial charge in [-0.15, -0.1) is 0 Å². The number of amides is 1. The van der Waals surface area contributed by atoms with Crippen molar-refractivity contribution in [2.45, 2.75) is 6.54 Å². The number of rotatable bonds is 5. The highest BCUT2D eigenvalue weighted by Crippen LogP contribution is 2.28. The fourth-order valence-electron chi connectivity index (χ4n) is 3.02. The van der Waals surface area contributed by atoms with Gasteiger partial charge in [-0.05, 0) is 29.8 Å². The van der Waals surface area contributed by atoms with Gasteiger partial charge in [0.25, 0.3) is 5.91 Å². The third-order valence-corrected chi connectivity index (χ3v) is 4.61. The Hall–Kier alpha value is -3.66. The van der Waals surface area contributed by atoms with Crippen molar-refractivity contribution in [3.05, 3.63) is 53.9 Å². The third kappa shape index (κ3) is 6.96. The van der Waals surface area contributed by atoms with Crippen LogP contribution in [0.15, 0.2) is 42.7 Å². The van der Waals surface area contributed by atoms with Crippen LogP contribution in [0, 0.1) is 0 Å². The first kappa shape index (κ1) is 23.6. The maximum Gasteiger partial charge on any atom is 0.414 e. The van der Waals surface area contributed by atoms with Gasteiger partial charge >= 0.3 is 11.9 Å². The summed E-state index contributed by atoms with van der Waals surface area (Å²) in [6.45, 7) is 3.97. The molecule has 2 heterocycles. The molecule has 166 valence electrons. The Bertz CT molecular complexity index is 885. The molecule has 0 atom stereocenters. The van der Waals surface area contributed by atoms with E-state index in [1.54, 1.807) is 32.7 Å². The van der Waals surface area contributed by atoms with Crippen LogP contribution < -0.4 is 9.47 Å². The number of pyridine rings is 1. The molecular weight excluding hydrogens is 406 g/mol. The smallest absolute Gasteiger partial charge is 0.414 e. The minimum absolute atomic E-state index is 0.0545. The average molecular weight is 431 g/mol. The van der Waals surface area contributed by atoms with Crippen LogP contribution in [0.2, 0.25) is 0 Å².